The van der Waals surface area contributed by atoms with E-state index >= 15 is 0 Å². The number of hydrogen-bond acceptors (Lipinski definition) is 4. The molecule has 0 spiro atoms. The first-order valence-corrected chi connectivity index (χ1v) is 4.02. The number of rotatable bonds is 1. The maximum atomic E-state index is 10.8. The molecule has 0 saturated carbocycles. The summed E-state index contributed by atoms with van der Waals surface area (Å²) >= 11 is 0. The van der Waals surface area contributed by atoms with E-state index in [1.54, 1.807) is 13.8 Å². The molecule has 0 aromatic carbocycles. The fourth-order valence-corrected chi connectivity index (χ4v) is 1.22. The van der Waals surface area contributed by atoms with E-state index in [1.807, 2.05) is 0 Å². The lowest BCUT2D eigenvalue weighted by Crippen LogP contribution is -2.05. The SMILES string of the molecule is Cc1nc2nc(C)c(C(=O)O)cn2n1. The normalized spacial score (nSPS) is 10.7. The highest BCUT2D eigenvalue weighted by molar-refractivity contribution is 5.88. The molecule has 0 fully saturated rings. The molecule has 6 heteroatoms. The lowest BCUT2D eigenvalue weighted by atomic mass is 10.2. The molecular weight excluding hydrogens is 184 g/mol. The zero-order valence-electron chi connectivity index (χ0n) is 7.72. The third kappa shape index (κ3) is 1.20. The first-order chi connectivity index (χ1) is 6.58. The van der Waals surface area contributed by atoms with Gasteiger partial charge in [-0.1, -0.05) is 0 Å². The van der Waals surface area contributed by atoms with Gasteiger partial charge in [0.1, 0.15) is 5.82 Å². The minimum absolute atomic E-state index is 0.141. The molecule has 0 saturated heterocycles. The van der Waals surface area contributed by atoms with Crippen molar-refractivity contribution < 1.29 is 9.90 Å². The number of aromatic nitrogens is 4. The molecule has 0 unspecified atom stereocenters. The minimum Gasteiger partial charge on any atom is -0.478 e. The number of aryl methyl sites for hydroxylation is 2. The van der Waals surface area contributed by atoms with Crippen LogP contribution in [0.1, 0.15) is 21.9 Å². The highest BCUT2D eigenvalue weighted by atomic mass is 16.4. The maximum Gasteiger partial charge on any atom is 0.339 e. The number of nitrogens with zero attached hydrogens (tertiary/aromatic N) is 4. The molecule has 0 aliphatic carbocycles. The highest BCUT2D eigenvalue weighted by Crippen LogP contribution is 2.06. The molecule has 2 heterocycles. The van der Waals surface area contributed by atoms with E-state index in [0.717, 1.165) is 0 Å². The smallest absolute Gasteiger partial charge is 0.339 e. The second-order valence-corrected chi connectivity index (χ2v) is 2.95. The molecule has 0 amide bonds. The lowest BCUT2D eigenvalue weighted by Gasteiger charge is -1.98. The Balaban J connectivity index is 2.76. The Hall–Kier alpha value is -1.98. The topological polar surface area (TPSA) is 80.4 Å². The van der Waals surface area contributed by atoms with Gasteiger partial charge in [0.25, 0.3) is 5.78 Å². The zero-order valence-corrected chi connectivity index (χ0v) is 7.72. The third-order valence-corrected chi connectivity index (χ3v) is 1.86. The van der Waals surface area contributed by atoms with E-state index in [4.69, 9.17) is 5.11 Å². The van der Waals surface area contributed by atoms with E-state index in [0.29, 0.717) is 17.3 Å². The molecule has 0 radical (unpaired) electrons. The average molecular weight is 192 g/mol. The molecular formula is C8H8N4O2. The van der Waals surface area contributed by atoms with Gasteiger partial charge < -0.3 is 5.11 Å². The maximum absolute atomic E-state index is 10.8. The summed E-state index contributed by atoms with van der Waals surface area (Å²) in [7, 11) is 0. The summed E-state index contributed by atoms with van der Waals surface area (Å²) in [5.74, 6) is -0.0190. The van der Waals surface area contributed by atoms with Crippen molar-refractivity contribution in [2.75, 3.05) is 0 Å². The number of hydrogen-bond donors (Lipinski definition) is 1. The van der Waals surface area contributed by atoms with Crippen molar-refractivity contribution in [2.45, 2.75) is 13.8 Å². The van der Waals surface area contributed by atoms with Crippen LogP contribution in [-0.2, 0) is 0 Å². The Morgan fingerprint density at radius 3 is 2.79 bits per heavy atom. The quantitative estimate of drug-likeness (QED) is 0.709. The number of carbonyl (C=O) groups is 1. The van der Waals surface area contributed by atoms with Gasteiger partial charge in [0.15, 0.2) is 0 Å². The van der Waals surface area contributed by atoms with E-state index in [2.05, 4.69) is 15.1 Å². The van der Waals surface area contributed by atoms with Gasteiger partial charge in [-0.15, -0.1) is 0 Å². The standard InChI is InChI=1S/C8H8N4O2/c1-4-6(7(13)14)3-12-8(9-4)10-5(2)11-12/h3H,1-2H3,(H,13,14). The number of carboxylic acids is 1. The van der Waals surface area contributed by atoms with Gasteiger partial charge in [0.05, 0.1) is 11.3 Å². The van der Waals surface area contributed by atoms with Crippen molar-refractivity contribution in [3.05, 3.63) is 23.3 Å². The Kier molecular flexibility index (Phi) is 1.70. The fourth-order valence-electron chi connectivity index (χ4n) is 1.22. The molecule has 2 rings (SSSR count). The van der Waals surface area contributed by atoms with Crippen LogP contribution < -0.4 is 0 Å². The number of carboxylic acid groups (broad SMARTS) is 1. The van der Waals surface area contributed by atoms with Crippen molar-refractivity contribution in [3.8, 4) is 0 Å². The number of fused-ring (bicyclic) bond motifs is 1. The van der Waals surface area contributed by atoms with Crippen LogP contribution in [0.5, 0.6) is 0 Å². The van der Waals surface area contributed by atoms with Gasteiger partial charge in [-0.2, -0.15) is 10.1 Å². The van der Waals surface area contributed by atoms with Crippen LogP contribution in [0.25, 0.3) is 5.78 Å². The average Bonchev–Trinajstić information content (AvgIpc) is 2.42. The van der Waals surface area contributed by atoms with E-state index < -0.39 is 5.97 Å². The van der Waals surface area contributed by atoms with E-state index in [9.17, 15) is 4.79 Å². The van der Waals surface area contributed by atoms with Crippen molar-refractivity contribution in [1.29, 1.82) is 0 Å². The molecule has 0 atom stereocenters. The van der Waals surface area contributed by atoms with Gasteiger partial charge >= 0.3 is 5.97 Å². The van der Waals surface area contributed by atoms with Crippen LogP contribution in [0, 0.1) is 13.8 Å². The van der Waals surface area contributed by atoms with Gasteiger partial charge in [-0.3, -0.25) is 0 Å². The van der Waals surface area contributed by atoms with Gasteiger partial charge in [-0.25, -0.2) is 14.3 Å². The van der Waals surface area contributed by atoms with Crippen LogP contribution in [0.4, 0.5) is 0 Å². The summed E-state index contributed by atoms with van der Waals surface area (Å²) in [6.45, 7) is 3.36. The van der Waals surface area contributed by atoms with Crippen molar-refractivity contribution in [3.63, 3.8) is 0 Å². The highest BCUT2D eigenvalue weighted by Gasteiger charge is 2.11. The predicted molar refractivity (Wildman–Crippen MR) is 47.2 cm³/mol. The van der Waals surface area contributed by atoms with Crippen LogP contribution in [0.3, 0.4) is 0 Å². The second kappa shape index (κ2) is 2.76. The van der Waals surface area contributed by atoms with Gasteiger partial charge in [0, 0.05) is 6.20 Å². The Morgan fingerprint density at radius 1 is 1.43 bits per heavy atom. The third-order valence-electron chi connectivity index (χ3n) is 1.86. The van der Waals surface area contributed by atoms with Crippen LogP contribution >= 0.6 is 0 Å². The molecule has 0 bridgehead atoms. The molecule has 2 aromatic rings. The first-order valence-electron chi connectivity index (χ1n) is 4.02. The second-order valence-electron chi connectivity index (χ2n) is 2.95. The molecule has 0 aliphatic rings. The molecule has 0 aliphatic heterocycles. The van der Waals surface area contributed by atoms with Crippen molar-refractivity contribution in [1.82, 2.24) is 19.6 Å². The van der Waals surface area contributed by atoms with Crippen molar-refractivity contribution >= 4 is 11.7 Å². The summed E-state index contributed by atoms with van der Waals surface area (Å²) in [6.07, 6.45) is 1.42. The zero-order chi connectivity index (χ0) is 10.3. The molecule has 6 nitrogen and oxygen atoms in total. The largest absolute Gasteiger partial charge is 0.478 e. The molecule has 14 heavy (non-hydrogen) atoms. The number of aromatic carboxylic acids is 1. The summed E-state index contributed by atoms with van der Waals surface area (Å²) in [5.41, 5.74) is 0.583. The summed E-state index contributed by atoms with van der Waals surface area (Å²) in [5, 5.41) is 12.8. The van der Waals surface area contributed by atoms with Crippen LogP contribution in [0.15, 0.2) is 6.20 Å². The van der Waals surface area contributed by atoms with Gasteiger partial charge in [0.2, 0.25) is 0 Å². The molecule has 72 valence electrons. The predicted octanol–water partition coefficient (Wildman–Crippen LogP) is 0.439. The fraction of sp³-hybridized carbons (Fsp3) is 0.250. The van der Waals surface area contributed by atoms with Crippen molar-refractivity contribution in [2.24, 2.45) is 0 Å². The van der Waals surface area contributed by atoms with Crippen LogP contribution in [-0.4, -0.2) is 30.7 Å². The molecule has 2 aromatic heterocycles. The lowest BCUT2D eigenvalue weighted by molar-refractivity contribution is 0.0695. The Morgan fingerprint density at radius 2 is 2.14 bits per heavy atom. The minimum atomic E-state index is -1.01. The monoisotopic (exact) mass is 192 g/mol. The summed E-state index contributed by atoms with van der Waals surface area (Å²) in [4.78, 5) is 18.8. The summed E-state index contributed by atoms with van der Waals surface area (Å²) < 4.78 is 1.37. The Labute approximate surface area is 79.2 Å². The van der Waals surface area contributed by atoms with E-state index in [1.165, 1.54) is 10.7 Å². The van der Waals surface area contributed by atoms with E-state index in [-0.39, 0.29) is 5.56 Å². The van der Waals surface area contributed by atoms with Gasteiger partial charge in [-0.05, 0) is 13.8 Å². The first kappa shape index (κ1) is 8.61. The summed E-state index contributed by atoms with van der Waals surface area (Å²) in [6, 6.07) is 0. The van der Waals surface area contributed by atoms with Crippen LogP contribution in [0.2, 0.25) is 0 Å². The molecule has 1 N–H and O–H groups in total. The Bertz CT molecular complexity index is 517.